The van der Waals surface area contributed by atoms with Crippen molar-refractivity contribution in [2.45, 2.75) is 45.4 Å². The Bertz CT molecular complexity index is 1420. The summed E-state index contributed by atoms with van der Waals surface area (Å²) in [5, 5.41) is 0.213. The van der Waals surface area contributed by atoms with Crippen LogP contribution in [0.15, 0.2) is 60.7 Å². The maximum absolute atomic E-state index is 14.5. The van der Waals surface area contributed by atoms with Crippen LogP contribution in [0, 0.1) is 40.9 Å². The third kappa shape index (κ3) is 5.94. The van der Waals surface area contributed by atoms with Crippen LogP contribution in [0.3, 0.4) is 0 Å². The van der Waals surface area contributed by atoms with Crippen LogP contribution < -0.4 is 0 Å². The number of fused-ring (bicyclic) bond motifs is 1. The van der Waals surface area contributed by atoms with E-state index in [1.54, 1.807) is 6.07 Å². The molecular formula is C31H25F5. The smallest absolute Gasteiger partial charge is 0.195 e. The van der Waals surface area contributed by atoms with E-state index in [4.69, 9.17) is 0 Å². The van der Waals surface area contributed by atoms with Gasteiger partial charge in [0.1, 0.15) is 11.6 Å². The molecule has 4 aromatic rings. The molecule has 0 saturated carbocycles. The standard InChI is InChI=1S/C31H25F5/c1-2-3-4-5-23-17-27(32)26(28(33)18-23)15-12-21-8-6-20(7-9-21)10-11-22-13-14-25-24(16-22)19-29(34)31(36)30(25)35/h6-9,13-14,16-19H,2-5,12,15H2,1H3. The summed E-state index contributed by atoms with van der Waals surface area (Å²) < 4.78 is 69.8. The SMILES string of the molecule is CCCCCc1cc(F)c(CCc2ccc(C#Cc3ccc4c(F)c(F)c(F)cc4c3)cc2)c(F)c1. The first-order valence-corrected chi connectivity index (χ1v) is 12.0. The van der Waals surface area contributed by atoms with Crippen molar-refractivity contribution in [1.29, 1.82) is 0 Å². The van der Waals surface area contributed by atoms with Crippen molar-refractivity contribution in [1.82, 2.24) is 0 Å². The van der Waals surface area contributed by atoms with E-state index in [9.17, 15) is 22.0 Å². The van der Waals surface area contributed by atoms with E-state index in [0.29, 0.717) is 29.5 Å². The lowest BCUT2D eigenvalue weighted by Crippen LogP contribution is -2.01. The Labute approximate surface area is 207 Å². The maximum Gasteiger partial charge on any atom is 0.195 e. The molecule has 0 N–H and O–H groups in total. The van der Waals surface area contributed by atoms with Crippen LogP contribution in [0.4, 0.5) is 22.0 Å². The van der Waals surface area contributed by atoms with Crippen LogP contribution in [-0.4, -0.2) is 0 Å². The van der Waals surface area contributed by atoms with Crippen LogP contribution in [-0.2, 0) is 19.3 Å². The molecule has 0 amide bonds. The normalized spacial score (nSPS) is 10.9. The molecule has 4 rings (SSSR count). The summed E-state index contributed by atoms with van der Waals surface area (Å²) in [6.07, 6.45) is 4.42. The van der Waals surface area contributed by atoms with Crippen LogP contribution in [0.25, 0.3) is 10.8 Å². The van der Waals surface area contributed by atoms with Gasteiger partial charge in [0.05, 0.1) is 0 Å². The second kappa shape index (κ2) is 11.4. The first kappa shape index (κ1) is 25.4. The summed E-state index contributed by atoms with van der Waals surface area (Å²) in [5.41, 5.74) is 2.95. The molecule has 0 saturated heterocycles. The summed E-state index contributed by atoms with van der Waals surface area (Å²) in [7, 11) is 0. The molecule has 0 aliphatic heterocycles. The van der Waals surface area contributed by atoms with Gasteiger partial charge in [0.25, 0.3) is 0 Å². The fraction of sp³-hybridized carbons (Fsp3) is 0.226. The fourth-order valence-corrected chi connectivity index (χ4v) is 4.17. The van der Waals surface area contributed by atoms with E-state index in [0.717, 1.165) is 30.9 Å². The van der Waals surface area contributed by atoms with Crippen molar-refractivity contribution >= 4 is 10.8 Å². The zero-order valence-corrected chi connectivity index (χ0v) is 19.9. The Balaban J connectivity index is 1.42. The summed E-state index contributed by atoms with van der Waals surface area (Å²) in [5.74, 6) is 0.958. The number of rotatable bonds is 7. The minimum absolute atomic E-state index is 0.0113. The van der Waals surface area contributed by atoms with Gasteiger partial charge >= 0.3 is 0 Å². The molecule has 0 aliphatic rings. The van der Waals surface area contributed by atoms with Crippen molar-refractivity contribution < 1.29 is 22.0 Å². The number of aryl methyl sites for hydroxylation is 2. The van der Waals surface area contributed by atoms with Gasteiger partial charge in [0.15, 0.2) is 17.5 Å². The monoisotopic (exact) mass is 492 g/mol. The molecule has 0 fully saturated rings. The highest BCUT2D eigenvalue weighted by molar-refractivity contribution is 5.84. The second-order valence-electron chi connectivity index (χ2n) is 8.86. The molecule has 0 nitrogen and oxygen atoms in total. The Morgan fingerprint density at radius 2 is 1.25 bits per heavy atom. The highest BCUT2D eigenvalue weighted by Gasteiger charge is 2.13. The Morgan fingerprint density at radius 3 is 1.94 bits per heavy atom. The molecule has 184 valence electrons. The zero-order valence-electron chi connectivity index (χ0n) is 19.9. The van der Waals surface area contributed by atoms with Gasteiger partial charge < -0.3 is 0 Å². The second-order valence-corrected chi connectivity index (χ2v) is 8.86. The largest absolute Gasteiger partial charge is 0.207 e. The summed E-state index contributed by atoms with van der Waals surface area (Å²) in [6, 6.07) is 15.6. The van der Waals surface area contributed by atoms with Crippen molar-refractivity contribution in [3.05, 3.63) is 118 Å². The molecule has 0 aliphatic carbocycles. The average Bonchev–Trinajstić information content (AvgIpc) is 2.86. The van der Waals surface area contributed by atoms with E-state index < -0.39 is 29.1 Å². The Hall–Kier alpha value is -3.65. The van der Waals surface area contributed by atoms with Gasteiger partial charge in [0, 0.05) is 22.1 Å². The first-order chi connectivity index (χ1) is 17.4. The highest BCUT2D eigenvalue weighted by Crippen LogP contribution is 2.24. The minimum Gasteiger partial charge on any atom is -0.207 e. The van der Waals surface area contributed by atoms with E-state index in [-0.39, 0.29) is 22.8 Å². The molecule has 0 heterocycles. The Kier molecular flexibility index (Phi) is 8.05. The van der Waals surface area contributed by atoms with Crippen molar-refractivity contribution in [3.63, 3.8) is 0 Å². The molecule has 5 heteroatoms. The number of halogens is 5. The van der Waals surface area contributed by atoms with E-state index in [1.807, 2.05) is 24.3 Å². The number of unbranched alkanes of at least 4 members (excludes halogenated alkanes) is 2. The van der Waals surface area contributed by atoms with E-state index >= 15 is 0 Å². The predicted octanol–water partition coefficient (Wildman–Crippen LogP) is 8.45. The number of hydrogen-bond donors (Lipinski definition) is 0. The number of benzene rings is 4. The van der Waals surface area contributed by atoms with Gasteiger partial charge in [-0.15, -0.1) is 0 Å². The van der Waals surface area contributed by atoms with Crippen molar-refractivity contribution in [3.8, 4) is 11.8 Å². The summed E-state index contributed by atoms with van der Waals surface area (Å²) >= 11 is 0. The quantitative estimate of drug-likeness (QED) is 0.105. The third-order valence-corrected chi connectivity index (χ3v) is 6.21. The lowest BCUT2D eigenvalue weighted by Gasteiger charge is -2.09. The first-order valence-electron chi connectivity index (χ1n) is 12.0. The minimum atomic E-state index is -1.49. The molecular weight excluding hydrogens is 467 g/mol. The molecule has 4 aromatic carbocycles. The van der Waals surface area contributed by atoms with Crippen molar-refractivity contribution in [2.75, 3.05) is 0 Å². The molecule has 0 aromatic heterocycles. The van der Waals surface area contributed by atoms with E-state index in [1.165, 1.54) is 24.3 Å². The maximum atomic E-state index is 14.5. The molecule has 0 spiro atoms. The van der Waals surface area contributed by atoms with Gasteiger partial charge in [-0.05, 0) is 84.7 Å². The van der Waals surface area contributed by atoms with Gasteiger partial charge in [0.2, 0.25) is 0 Å². The van der Waals surface area contributed by atoms with E-state index in [2.05, 4.69) is 18.8 Å². The van der Waals surface area contributed by atoms with Crippen LogP contribution in [0.1, 0.15) is 54.0 Å². The van der Waals surface area contributed by atoms with Crippen molar-refractivity contribution in [2.24, 2.45) is 0 Å². The molecule has 36 heavy (non-hydrogen) atoms. The molecule has 0 radical (unpaired) electrons. The van der Waals surface area contributed by atoms with Crippen LogP contribution >= 0.6 is 0 Å². The summed E-state index contributed by atoms with van der Waals surface area (Å²) in [6.45, 7) is 2.09. The average molecular weight is 493 g/mol. The van der Waals surface area contributed by atoms with Crippen LogP contribution in [0.5, 0.6) is 0 Å². The number of hydrogen-bond acceptors (Lipinski definition) is 0. The molecule has 0 bridgehead atoms. The molecule has 0 unspecified atom stereocenters. The Morgan fingerprint density at radius 1 is 0.583 bits per heavy atom. The lowest BCUT2D eigenvalue weighted by atomic mass is 9.99. The highest BCUT2D eigenvalue weighted by atomic mass is 19.2. The lowest BCUT2D eigenvalue weighted by molar-refractivity contribution is 0.453. The third-order valence-electron chi connectivity index (χ3n) is 6.21. The zero-order chi connectivity index (χ0) is 25.7. The van der Waals surface area contributed by atoms with Gasteiger partial charge in [-0.1, -0.05) is 49.8 Å². The van der Waals surface area contributed by atoms with Gasteiger partial charge in [-0.25, -0.2) is 22.0 Å². The fourth-order valence-electron chi connectivity index (χ4n) is 4.17. The molecule has 0 atom stereocenters. The predicted molar refractivity (Wildman–Crippen MR) is 133 cm³/mol. The van der Waals surface area contributed by atoms with Gasteiger partial charge in [-0.2, -0.15) is 0 Å². The summed E-state index contributed by atoms with van der Waals surface area (Å²) in [4.78, 5) is 0. The van der Waals surface area contributed by atoms with Gasteiger partial charge in [-0.3, -0.25) is 0 Å². The van der Waals surface area contributed by atoms with Crippen LogP contribution in [0.2, 0.25) is 0 Å². The topological polar surface area (TPSA) is 0 Å².